The van der Waals surface area contributed by atoms with E-state index in [2.05, 4.69) is 5.32 Å². The maximum absolute atomic E-state index is 12.3. The van der Waals surface area contributed by atoms with Gasteiger partial charge in [-0.2, -0.15) is 0 Å². The molecular weight excluding hydrogens is 345 g/mol. The first-order valence-corrected chi connectivity index (χ1v) is 7.55. The fraction of sp³-hybridized carbons (Fsp3) is 0.0625. The molecule has 1 heterocycles. The predicted molar refractivity (Wildman–Crippen MR) is 90.0 cm³/mol. The average molecular weight is 355 g/mol. The number of rotatable bonds is 2. The van der Waals surface area contributed by atoms with Gasteiger partial charge in [0.2, 0.25) is 0 Å². The summed E-state index contributed by atoms with van der Waals surface area (Å²) in [6.07, 6.45) is 1.75. The van der Waals surface area contributed by atoms with Gasteiger partial charge in [-0.15, -0.1) is 0 Å². The normalized spacial score (nSPS) is 13.0. The van der Waals surface area contributed by atoms with Gasteiger partial charge < -0.3 is 10.1 Å². The fourth-order valence-corrected chi connectivity index (χ4v) is 2.71. The molecule has 3 rings (SSSR count). The molecule has 0 atom stereocenters. The van der Waals surface area contributed by atoms with Crippen molar-refractivity contribution in [3.05, 3.63) is 62.6 Å². The first-order chi connectivity index (χ1) is 10.5. The first-order valence-electron chi connectivity index (χ1n) is 6.42. The molecule has 6 heteroatoms. The van der Waals surface area contributed by atoms with Crippen molar-refractivity contribution in [2.75, 3.05) is 11.9 Å². The van der Waals surface area contributed by atoms with E-state index >= 15 is 0 Å². The zero-order chi connectivity index (χ0) is 15.7. The molecule has 0 bridgehead atoms. The third-order valence-corrected chi connectivity index (χ3v) is 3.94. The maximum Gasteiger partial charge on any atom is 0.255 e. The van der Waals surface area contributed by atoms with Crippen molar-refractivity contribution in [2.24, 2.45) is 0 Å². The monoisotopic (exact) mass is 353 g/mol. The molecule has 2 aromatic carbocycles. The van der Waals surface area contributed by atoms with Crippen molar-refractivity contribution >= 4 is 52.5 Å². The van der Waals surface area contributed by atoms with Gasteiger partial charge in [0.15, 0.2) is 0 Å². The number of hydrogen-bond acceptors (Lipinski definition) is 2. The summed E-state index contributed by atoms with van der Waals surface area (Å²) in [5.41, 5.74) is 1.75. The van der Waals surface area contributed by atoms with Gasteiger partial charge in [0.25, 0.3) is 5.91 Å². The van der Waals surface area contributed by atoms with Gasteiger partial charge in [-0.25, -0.2) is 0 Å². The second-order valence-electron chi connectivity index (χ2n) is 4.72. The number of ether oxygens (including phenoxy) is 1. The average Bonchev–Trinajstić information content (AvgIpc) is 2.49. The molecule has 1 aliphatic heterocycles. The number of nitrogens with one attached hydrogen (secondary N) is 1. The molecule has 2 aromatic rings. The van der Waals surface area contributed by atoms with E-state index in [1.54, 1.807) is 42.5 Å². The Morgan fingerprint density at radius 1 is 1.05 bits per heavy atom. The molecule has 0 spiro atoms. The molecule has 0 unspecified atom stereocenters. The number of amides is 1. The molecule has 0 saturated heterocycles. The molecule has 0 saturated carbocycles. The van der Waals surface area contributed by atoms with E-state index in [9.17, 15) is 4.79 Å². The van der Waals surface area contributed by atoms with Gasteiger partial charge in [-0.3, -0.25) is 4.79 Å². The van der Waals surface area contributed by atoms with Crippen LogP contribution in [0.4, 0.5) is 5.69 Å². The quantitative estimate of drug-likeness (QED) is 0.818. The van der Waals surface area contributed by atoms with Crippen molar-refractivity contribution in [1.82, 2.24) is 0 Å². The van der Waals surface area contributed by atoms with Gasteiger partial charge >= 0.3 is 0 Å². The lowest BCUT2D eigenvalue weighted by atomic mass is 10.1. The summed E-state index contributed by atoms with van der Waals surface area (Å²) in [6.45, 7) is 0.186. The van der Waals surface area contributed by atoms with E-state index in [0.29, 0.717) is 32.1 Å². The Kier molecular flexibility index (Phi) is 4.30. The summed E-state index contributed by atoms with van der Waals surface area (Å²) in [6, 6.07) is 10.1. The Hall–Kier alpha value is -1.68. The van der Waals surface area contributed by atoms with Crippen LogP contribution in [0, 0.1) is 0 Å². The number of carbonyl (C=O) groups excluding carboxylic acids is 1. The van der Waals surface area contributed by atoms with Crippen LogP contribution in [-0.4, -0.2) is 12.5 Å². The molecule has 0 radical (unpaired) electrons. The second-order valence-corrected chi connectivity index (χ2v) is 6.00. The number of fused-ring (bicyclic) bond motifs is 1. The zero-order valence-electron chi connectivity index (χ0n) is 11.2. The van der Waals surface area contributed by atoms with Crippen LogP contribution in [0.3, 0.4) is 0 Å². The van der Waals surface area contributed by atoms with E-state index in [-0.39, 0.29) is 12.5 Å². The number of benzene rings is 2. The lowest BCUT2D eigenvalue weighted by molar-refractivity contribution is -0.113. The van der Waals surface area contributed by atoms with Crippen LogP contribution in [0.25, 0.3) is 6.08 Å². The van der Waals surface area contributed by atoms with E-state index in [1.807, 2.05) is 0 Å². The molecule has 112 valence electrons. The Morgan fingerprint density at radius 2 is 1.77 bits per heavy atom. The molecule has 1 amide bonds. The molecule has 0 fully saturated rings. The Morgan fingerprint density at radius 3 is 2.55 bits per heavy atom. The lowest BCUT2D eigenvalue weighted by Crippen LogP contribution is -2.21. The Bertz CT molecular complexity index is 787. The van der Waals surface area contributed by atoms with Gasteiger partial charge in [0.05, 0.1) is 16.3 Å². The molecule has 1 aliphatic rings. The lowest BCUT2D eigenvalue weighted by Gasteiger charge is -2.18. The van der Waals surface area contributed by atoms with Crippen LogP contribution in [-0.2, 0) is 4.79 Å². The third kappa shape index (κ3) is 3.22. The minimum atomic E-state index is -0.283. The maximum atomic E-state index is 12.3. The standard InChI is InChI=1S/C16H10Cl3NO2/c17-11-2-4-15-9(6-11)5-10(8-22-15)16(21)20-14-3-1-12(18)7-13(14)19/h1-7H,8H2,(H,20,21). The minimum absolute atomic E-state index is 0.186. The van der Waals surface area contributed by atoms with Crippen LogP contribution < -0.4 is 10.1 Å². The summed E-state index contributed by atoms with van der Waals surface area (Å²) >= 11 is 17.8. The van der Waals surface area contributed by atoms with Crippen molar-refractivity contribution in [1.29, 1.82) is 0 Å². The largest absolute Gasteiger partial charge is 0.488 e. The summed E-state index contributed by atoms with van der Waals surface area (Å²) in [5.74, 6) is 0.417. The summed E-state index contributed by atoms with van der Waals surface area (Å²) in [7, 11) is 0. The highest BCUT2D eigenvalue weighted by molar-refractivity contribution is 6.36. The summed E-state index contributed by atoms with van der Waals surface area (Å²) in [5, 5.41) is 4.21. The highest BCUT2D eigenvalue weighted by atomic mass is 35.5. The van der Waals surface area contributed by atoms with E-state index in [4.69, 9.17) is 39.5 Å². The minimum Gasteiger partial charge on any atom is -0.488 e. The Balaban J connectivity index is 1.84. The van der Waals surface area contributed by atoms with Crippen LogP contribution in [0.1, 0.15) is 5.56 Å². The van der Waals surface area contributed by atoms with E-state index < -0.39 is 0 Å². The predicted octanol–water partition coefficient (Wildman–Crippen LogP) is 5.06. The highest BCUT2D eigenvalue weighted by Crippen LogP contribution is 2.30. The van der Waals surface area contributed by atoms with Crippen LogP contribution in [0.5, 0.6) is 5.75 Å². The molecule has 1 N–H and O–H groups in total. The van der Waals surface area contributed by atoms with Gasteiger partial charge in [-0.1, -0.05) is 34.8 Å². The topological polar surface area (TPSA) is 38.3 Å². The van der Waals surface area contributed by atoms with Crippen molar-refractivity contribution in [2.45, 2.75) is 0 Å². The van der Waals surface area contributed by atoms with Gasteiger partial charge in [0.1, 0.15) is 12.4 Å². The molecular formula is C16H10Cl3NO2. The number of halogens is 3. The van der Waals surface area contributed by atoms with Crippen molar-refractivity contribution in [3.63, 3.8) is 0 Å². The molecule has 0 aromatic heterocycles. The summed E-state index contributed by atoms with van der Waals surface area (Å²) < 4.78 is 5.56. The van der Waals surface area contributed by atoms with Gasteiger partial charge in [0, 0.05) is 15.6 Å². The Labute approximate surface area is 142 Å². The zero-order valence-corrected chi connectivity index (χ0v) is 13.5. The van der Waals surface area contributed by atoms with Crippen LogP contribution >= 0.6 is 34.8 Å². The smallest absolute Gasteiger partial charge is 0.255 e. The third-order valence-electron chi connectivity index (χ3n) is 3.16. The second kappa shape index (κ2) is 6.21. The van der Waals surface area contributed by atoms with Crippen molar-refractivity contribution in [3.8, 4) is 5.75 Å². The fourth-order valence-electron chi connectivity index (χ4n) is 2.07. The number of anilines is 1. The number of carbonyl (C=O) groups is 1. The van der Waals surface area contributed by atoms with Gasteiger partial charge in [-0.05, 0) is 42.5 Å². The number of hydrogen-bond donors (Lipinski definition) is 1. The molecule has 3 nitrogen and oxygen atoms in total. The SMILES string of the molecule is O=C(Nc1ccc(Cl)cc1Cl)C1=Cc2cc(Cl)ccc2OC1. The van der Waals surface area contributed by atoms with E-state index in [1.165, 1.54) is 0 Å². The van der Waals surface area contributed by atoms with Crippen molar-refractivity contribution < 1.29 is 9.53 Å². The summed E-state index contributed by atoms with van der Waals surface area (Å²) in [4.78, 5) is 12.3. The van der Waals surface area contributed by atoms with Crippen LogP contribution in [0.2, 0.25) is 15.1 Å². The molecule has 22 heavy (non-hydrogen) atoms. The van der Waals surface area contributed by atoms with E-state index in [0.717, 1.165) is 5.56 Å². The molecule has 0 aliphatic carbocycles. The first kappa shape index (κ1) is 15.2. The van der Waals surface area contributed by atoms with Crippen LogP contribution in [0.15, 0.2) is 42.0 Å². The highest BCUT2D eigenvalue weighted by Gasteiger charge is 2.18.